The molecule has 0 unspecified atom stereocenters. The molecular weight excluding hydrogens is 402 g/mol. The summed E-state index contributed by atoms with van der Waals surface area (Å²) in [5.41, 5.74) is 0. The smallest absolute Gasteiger partial charge is 0.264 e. The first kappa shape index (κ1) is 18.1. The van der Waals surface area contributed by atoms with Gasteiger partial charge in [0.05, 0.1) is 19.1 Å². The lowest BCUT2D eigenvalue weighted by Crippen LogP contribution is -2.29. The summed E-state index contributed by atoms with van der Waals surface area (Å²) in [5, 5.41) is 0. The number of ether oxygens (including phenoxy) is 2. The maximum atomic E-state index is 12.2. The second-order valence-electron chi connectivity index (χ2n) is 4.46. The third kappa shape index (κ3) is 4.39. The van der Waals surface area contributed by atoms with E-state index < -0.39 is 15.9 Å². The highest BCUT2D eigenvalue weighted by Crippen LogP contribution is 2.29. The Morgan fingerprint density at radius 3 is 2.46 bits per heavy atom. The van der Waals surface area contributed by atoms with Crippen molar-refractivity contribution in [2.24, 2.45) is 0 Å². The largest absolute Gasteiger partial charge is 0.493 e. The molecule has 128 valence electrons. The summed E-state index contributed by atoms with van der Waals surface area (Å²) in [6, 6.07) is 7.29. The molecule has 0 spiro atoms. The second-order valence-corrected chi connectivity index (χ2v) is 6.93. The van der Waals surface area contributed by atoms with Gasteiger partial charge in [-0.2, -0.15) is 0 Å². The van der Waals surface area contributed by atoms with E-state index in [1.807, 2.05) is 4.72 Å². The Morgan fingerprint density at radius 2 is 1.88 bits per heavy atom. The molecule has 0 saturated heterocycles. The Balaban J connectivity index is 2.15. The van der Waals surface area contributed by atoms with Gasteiger partial charge in [0.15, 0.2) is 16.2 Å². The van der Waals surface area contributed by atoms with Crippen LogP contribution >= 0.6 is 15.9 Å². The Hall–Kier alpha value is -2.26. The number of sulfonamides is 1. The van der Waals surface area contributed by atoms with E-state index in [9.17, 15) is 13.2 Å². The van der Waals surface area contributed by atoms with Crippen LogP contribution in [-0.4, -0.2) is 28.5 Å². The Labute approximate surface area is 147 Å². The molecule has 0 atom stereocenters. The molecule has 7 nitrogen and oxygen atoms in total. The molecule has 0 aliphatic rings. The highest BCUT2D eigenvalue weighted by atomic mass is 79.9. The van der Waals surface area contributed by atoms with Crippen molar-refractivity contribution in [3.63, 3.8) is 0 Å². The summed E-state index contributed by atoms with van der Waals surface area (Å²) in [6.07, 6.45) is 2.41. The van der Waals surface area contributed by atoms with Crippen molar-refractivity contribution in [1.82, 2.24) is 4.72 Å². The summed E-state index contributed by atoms with van der Waals surface area (Å²) in [5.74, 6) is 0.215. The van der Waals surface area contributed by atoms with E-state index >= 15 is 0 Å². The standard InChI is InChI=1S/C15H14BrNO6S/c1-21-12-6-5-11(9-13(12)22-2)24(19,20)17-15(18)8-4-10-3-7-14(16)23-10/h3-9H,1-2H3,(H,17,18)/b8-4+. The molecule has 24 heavy (non-hydrogen) atoms. The molecule has 0 fully saturated rings. The predicted octanol–water partition coefficient (Wildman–Crippen LogP) is 2.58. The lowest BCUT2D eigenvalue weighted by Gasteiger charge is -2.10. The van der Waals surface area contributed by atoms with Crippen molar-refractivity contribution in [1.29, 1.82) is 0 Å². The summed E-state index contributed by atoms with van der Waals surface area (Å²) in [7, 11) is -1.22. The van der Waals surface area contributed by atoms with Crippen molar-refractivity contribution in [3.8, 4) is 11.5 Å². The molecular formula is C15H14BrNO6S. The zero-order chi connectivity index (χ0) is 17.7. The zero-order valence-corrected chi connectivity index (χ0v) is 15.2. The number of carbonyl (C=O) groups excluding carboxylic acids is 1. The van der Waals surface area contributed by atoms with Gasteiger partial charge in [0.25, 0.3) is 15.9 Å². The maximum Gasteiger partial charge on any atom is 0.264 e. The molecule has 2 rings (SSSR count). The van der Waals surface area contributed by atoms with Gasteiger partial charge in [-0.1, -0.05) is 0 Å². The minimum atomic E-state index is -4.04. The average Bonchev–Trinajstić information content (AvgIpc) is 2.97. The second kappa shape index (κ2) is 7.54. The number of hydrogen-bond donors (Lipinski definition) is 1. The van der Waals surface area contributed by atoms with Crippen molar-refractivity contribution in [3.05, 3.63) is 46.8 Å². The van der Waals surface area contributed by atoms with Crippen LogP contribution in [0.2, 0.25) is 0 Å². The summed E-state index contributed by atoms with van der Waals surface area (Å²) < 4.78 is 42.2. The average molecular weight is 416 g/mol. The van der Waals surface area contributed by atoms with Gasteiger partial charge < -0.3 is 13.9 Å². The van der Waals surface area contributed by atoms with E-state index in [1.54, 1.807) is 12.1 Å². The molecule has 0 bridgehead atoms. The molecule has 0 aliphatic carbocycles. The quantitative estimate of drug-likeness (QED) is 0.728. The highest BCUT2D eigenvalue weighted by molar-refractivity contribution is 9.10. The van der Waals surface area contributed by atoms with Gasteiger partial charge in [0.2, 0.25) is 0 Å². The highest BCUT2D eigenvalue weighted by Gasteiger charge is 2.18. The molecule has 0 radical (unpaired) electrons. The predicted molar refractivity (Wildman–Crippen MR) is 90.3 cm³/mol. The molecule has 9 heteroatoms. The van der Waals surface area contributed by atoms with E-state index in [1.165, 1.54) is 38.5 Å². The third-order valence-electron chi connectivity index (χ3n) is 2.89. The molecule has 1 aromatic heterocycles. The molecule has 0 aliphatic heterocycles. The number of carbonyl (C=O) groups is 1. The van der Waals surface area contributed by atoms with E-state index in [-0.39, 0.29) is 10.6 Å². The Morgan fingerprint density at radius 1 is 1.17 bits per heavy atom. The summed E-state index contributed by atoms with van der Waals surface area (Å²) >= 11 is 3.12. The zero-order valence-electron chi connectivity index (χ0n) is 12.8. The Kier molecular flexibility index (Phi) is 5.68. The lowest BCUT2D eigenvalue weighted by atomic mass is 10.3. The topological polar surface area (TPSA) is 94.8 Å². The van der Waals surface area contributed by atoms with Gasteiger partial charge in [-0.25, -0.2) is 13.1 Å². The van der Waals surface area contributed by atoms with Crippen LogP contribution in [0.3, 0.4) is 0 Å². The van der Waals surface area contributed by atoms with E-state index in [2.05, 4.69) is 15.9 Å². The van der Waals surface area contributed by atoms with Crippen molar-refractivity contribution >= 4 is 37.9 Å². The number of hydrogen-bond acceptors (Lipinski definition) is 6. The van der Waals surface area contributed by atoms with E-state index in [0.717, 1.165) is 6.08 Å². The minimum Gasteiger partial charge on any atom is -0.493 e. The first-order valence-corrected chi connectivity index (χ1v) is 8.85. The first-order chi connectivity index (χ1) is 11.4. The van der Waals surface area contributed by atoms with E-state index in [4.69, 9.17) is 13.9 Å². The van der Waals surface area contributed by atoms with Gasteiger partial charge in [0, 0.05) is 12.1 Å². The monoisotopic (exact) mass is 415 g/mol. The number of furan rings is 1. The van der Waals surface area contributed by atoms with Gasteiger partial charge in [0.1, 0.15) is 5.76 Å². The molecule has 1 aromatic carbocycles. The normalized spacial score (nSPS) is 11.5. The van der Waals surface area contributed by atoms with Gasteiger partial charge in [-0.15, -0.1) is 0 Å². The molecule has 0 saturated carbocycles. The van der Waals surface area contributed by atoms with Gasteiger partial charge >= 0.3 is 0 Å². The Bertz CT molecular complexity index is 872. The third-order valence-corrected chi connectivity index (χ3v) is 4.66. The van der Waals surface area contributed by atoms with Crippen molar-refractivity contribution in [2.45, 2.75) is 4.90 Å². The van der Waals surface area contributed by atoms with Gasteiger partial charge in [-0.3, -0.25) is 4.79 Å². The number of halogens is 1. The van der Waals surface area contributed by atoms with Crippen LogP contribution in [0, 0.1) is 0 Å². The maximum absolute atomic E-state index is 12.2. The van der Waals surface area contributed by atoms with E-state index in [0.29, 0.717) is 16.2 Å². The summed E-state index contributed by atoms with van der Waals surface area (Å²) in [4.78, 5) is 11.7. The van der Waals surface area contributed by atoms with Crippen LogP contribution in [0.4, 0.5) is 0 Å². The van der Waals surface area contributed by atoms with Crippen LogP contribution in [0.1, 0.15) is 5.76 Å². The van der Waals surface area contributed by atoms with Crippen LogP contribution in [-0.2, 0) is 14.8 Å². The number of benzene rings is 1. The van der Waals surface area contributed by atoms with Crippen LogP contribution in [0.25, 0.3) is 6.08 Å². The molecule has 1 amide bonds. The summed E-state index contributed by atoms with van der Waals surface area (Å²) in [6.45, 7) is 0. The fourth-order valence-electron chi connectivity index (χ4n) is 1.78. The minimum absolute atomic E-state index is 0.123. The van der Waals surface area contributed by atoms with Gasteiger partial charge in [-0.05, 0) is 46.3 Å². The van der Waals surface area contributed by atoms with Crippen LogP contribution in [0.5, 0.6) is 11.5 Å². The fraction of sp³-hybridized carbons (Fsp3) is 0.133. The number of nitrogens with one attached hydrogen (secondary N) is 1. The van der Waals surface area contributed by atoms with Crippen LogP contribution < -0.4 is 14.2 Å². The molecule has 2 aromatic rings. The number of methoxy groups -OCH3 is 2. The molecule has 1 heterocycles. The SMILES string of the molecule is COc1ccc(S(=O)(=O)NC(=O)/C=C/c2ccc(Br)o2)cc1OC. The first-order valence-electron chi connectivity index (χ1n) is 6.58. The molecule has 1 N–H and O–H groups in total. The van der Waals surface area contributed by atoms with Crippen molar-refractivity contribution < 1.29 is 27.1 Å². The fourth-order valence-corrected chi connectivity index (χ4v) is 3.06. The number of amides is 1. The lowest BCUT2D eigenvalue weighted by molar-refractivity contribution is -0.114. The number of rotatable bonds is 6. The van der Waals surface area contributed by atoms with Crippen LogP contribution in [0.15, 0.2) is 50.4 Å². The van der Waals surface area contributed by atoms with Crippen molar-refractivity contribution in [2.75, 3.05) is 14.2 Å².